The summed E-state index contributed by atoms with van der Waals surface area (Å²) in [6.07, 6.45) is 25.0. The van der Waals surface area contributed by atoms with Crippen molar-refractivity contribution < 1.29 is 0 Å². The van der Waals surface area contributed by atoms with Crippen LogP contribution in [0, 0.1) is 11.8 Å². The first-order valence-corrected chi connectivity index (χ1v) is 22.1. The van der Waals surface area contributed by atoms with Crippen LogP contribution in [0.5, 0.6) is 0 Å². The van der Waals surface area contributed by atoms with Crippen LogP contribution in [0.25, 0.3) is 56.7 Å². The molecule has 0 nitrogen and oxygen atoms in total. The fourth-order valence-corrected chi connectivity index (χ4v) is 10.7. The van der Waals surface area contributed by atoms with E-state index in [-0.39, 0.29) is 17.3 Å². The van der Waals surface area contributed by atoms with Gasteiger partial charge >= 0.3 is 0 Å². The summed E-state index contributed by atoms with van der Waals surface area (Å²) in [4.78, 5) is 0. The van der Waals surface area contributed by atoms with Crippen molar-refractivity contribution in [3.63, 3.8) is 0 Å². The maximum atomic E-state index is 4.51. The number of allylic oxidation sites excluding steroid dienone is 12. The van der Waals surface area contributed by atoms with E-state index in [2.05, 4.69) is 229 Å². The standard InChI is InChI=1S/C62H52/c1-7-15-46-36-48(30-20-40(46)8-2)42-23-28-45(29-24-42)61-53(10-4)52(9-3)60(44-26-21-43(22-27-44)49-31-25-41-16-11-12-17-47(41)37-49)56-35-33-50(38-57(56)61)51-32-34-55-54-18-13-14-19-58(54)62(5,6)59(55)39-51/h7-24,26-39,41,53,61H,2-4,25H2,1,5-6H3/b15-7-. The minimum absolute atomic E-state index is 0.00580. The lowest BCUT2D eigenvalue weighted by molar-refractivity contribution is 0.653. The first-order chi connectivity index (χ1) is 30.3. The van der Waals surface area contributed by atoms with Crippen molar-refractivity contribution >= 4 is 23.3 Å². The van der Waals surface area contributed by atoms with E-state index in [4.69, 9.17) is 0 Å². The lowest BCUT2D eigenvalue weighted by atomic mass is 9.67. The van der Waals surface area contributed by atoms with Gasteiger partial charge in [0.05, 0.1) is 0 Å². The van der Waals surface area contributed by atoms with E-state index in [1.165, 1.54) is 100 Å². The van der Waals surface area contributed by atoms with Crippen LogP contribution in [0.2, 0.25) is 0 Å². The van der Waals surface area contributed by atoms with Crippen LogP contribution < -0.4 is 0 Å². The summed E-state index contributed by atoms with van der Waals surface area (Å²) in [5, 5.41) is 0. The Morgan fingerprint density at radius 3 is 2.05 bits per heavy atom. The van der Waals surface area contributed by atoms with Gasteiger partial charge < -0.3 is 0 Å². The smallest absolute Gasteiger partial charge is 0.0199 e. The third-order valence-electron chi connectivity index (χ3n) is 13.9. The predicted molar refractivity (Wildman–Crippen MR) is 267 cm³/mol. The molecule has 0 amide bonds. The van der Waals surface area contributed by atoms with Gasteiger partial charge in [-0.3, -0.25) is 0 Å². The highest BCUT2D eigenvalue weighted by molar-refractivity contribution is 5.91. The van der Waals surface area contributed by atoms with Gasteiger partial charge in [0.25, 0.3) is 0 Å². The Balaban J connectivity index is 1.09. The fourth-order valence-electron chi connectivity index (χ4n) is 10.7. The van der Waals surface area contributed by atoms with Crippen molar-refractivity contribution in [1.29, 1.82) is 0 Å². The van der Waals surface area contributed by atoms with Crippen LogP contribution in [0.15, 0.2) is 213 Å². The number of rotatable bonds is 9. The lowest BCUT2D eigenvalue weighted by Gasteiger charge is -2.36. The van der Waals surface area contributed by atoms with Crippen molar-refractivity contribution in [2.75, 3.05) is 0 Å². The minimum Gasteiger partial charge on any atom is -0.102 e. The summed E-state index contributed by atoms with van der Waals surface area (Å²) in [6.45, 7) is 19.8. The molecule has 3 atom stereocenters. The largest absolute Gasteiger partial charge is 0.102 e. The van der Waals surface area contributed by atoms with Crippen molar-refractivity contribution in [1.82, 2.24) is 0 Å². The van der Waals surface area contributed by atoms with Crippen LogP contribution in [-0.2, 0) is 5.41 Å². The van der Waals surface area contributed by atoms with Crippen LogP contribution in [0.3, 0.4) is 0 Å². The van der Waals surface area contributed by atoms with E-state index < -0.39 is 0 Å². The van der Waals surface area contributed by atoms with E-state index in [1.807, 2.05) is 6.08 Å². The Bertz CT molecular complexity index is 3000. The average molecular weight is 797 g/mol. The van der Waals surface area contributed by atoms with E-state index >= 15 is 0 Å². The first-order valence-electron chi connectivity index (χ1n) is 22.1. The topological polar surface area (TPSA) is 0 Å². The van der Waals surface area contributed by atoms with Gasteiger partial charge in [0.1, 0.15) is 0 Å². The van der Waals surface area contributed by atoms with Gasteiger partial charge in [0, 0.05) is 23.2 Å². The van der Waals surface area contributed by atoms with Crippen LogP contribution in [-0.4, -0.2) is 0 Å². The molecular formula is C62H52. The maximum absolute atomic E-state index is 4.51. The van der Waals surface area contributed by atoms with E-state index in [9.17, 15) is 0 Å². The zero-order chi connectivity index (χ0) is 42.5. The molecule has 300 valence electrons. The molecule has 0 aliphatic heterocycles. The molecule has 0 radical (unpaired) electrons. The molecule has 6 aromatic rings. The van der Waals surface area contributed by atoms with Crippen molar-refractivity contribution in [2.45, 2.75) is 38.5 Å². The van der Waals surface area contributed by atoms with Gasteiger partial charge in [0.2, 0.25) is 0 Å². The van der Waals surface area contributed by atoms with Crippen LogP contribution in [0.1, 0.15) is 83.2 Å². The van der Waals surface area contributed by atoms with Gasteiger partial charge in [-0.05, 0) is 137 Å². The molecule has 0 saturated heterocycles. The number of hydrogen-bond donors (Lipinski definition) is 0. The Labute approximate surface area is 368 Å². The third-order valence-corrected chi connectivity index (χ3v) is 13.9. The zero-order valence-electron chi connectivity index (χ0n) is 36.0. The molecule has 0 heterocycles. The molecule has 0 saturated carbocycles. The minimum atomic E-state index is -0.0785. The second-order valence-electron chi connectivity index (χ2n) is 17.6. The van der Waals surface area contributed by atoms with Crippen LogP contribution >= 0.6 is 0 Å². The summed E-state index contributed by atoms with van der Waals surface area (Å²) < 4.78 is 0. The monoisotopic (exact) mass is 796 g/mol. The predicted octanol–water partition coefficient (Wildman–Crippen LogP) is 16.4. The van der Waals surface area contributed by atoms with Crippen LogP contribution in [0.4, 0.5) is 0 Å². The zero-order valence-corrected chi connectivity index (χ0v) is 36.0. The molecule has 0 heteroatoms. The second-order valence-corrected chi connectivity index (χ2v) is 17.6. The highest BCUT2D eigenvalue weighted by Crippen LogP contribution is 2.52. The summed E-state index contributed by atoms with van der Waals surface area (Å²) in [5.74, 6) is 0.520. The van der Waals surface area contributed by atoms with E-state index in [0.717, 1.165) is 12.0 Å². The fraction of sp³-hybridized carbons (Fsp3) is 0.129. The highest BCUT2D eigenvalue weighted by atomic mass is 14.4. The molecule has 10 rings (SSSR count). The van der Waals surface area contributed by atoms with Crippen molar-refractivity contribution in [3.8, 4) is 33.4 Å². The molecule has 3 unspecified atom stereocenters. The summed E-state index contributed by atoms with van der Waals surface area (Å²) in [7, 11) is 0. The molecule has 4 aliphatic carbocycles. The van der Waals surface area contributed by atoms with Gasteiger partial charge in [-0.15, -0.1) is 6.58 Å². The Hall–Kier alpha value is -7.02. The van der Waals surface area contributed by atoms with Gasteiger partial charge in [-0.2, -0.15) is 0 Å². The molecule has 0 aromatic heterocycles. The van der Waals surface area contributed by atoms with E-state index in [0.29, 0.717) is 5.92 Å². The summed E-state index contributed by atoms with van der Waals surface area (Å²) >= 11 is 0. The molecule has 0 bridgehead atoms. The Morgan fingerprint density at radius 2 is 1.29 bits per heavy atom. The SMILES string of the molecule is C=CC1=C(c2ccc(C3=CCC4C=CC=CC4=C3)cc2)c2ccc(-c3ccc4c(c3)C(C)(C)c3ccccc3-4)cc2C(c2ccc(-c3ccc(C=C)c(/C=C\C)c3)cc2)C1C=C. The maximum Gasteiger partial charge on any atom is 0.0199 e. The number of fused-ring (bicyclic) bond motifs is 5. The first kappa shape index (κ1) is 39.1. The number of benzene rings is 6. The van der Waals surface area contributed by atoms with Crippen molar-refractivity contribution in [2.24, 2.45) is 11.8 Å². The average Bonchev–Trinajstić information content (AvgIpc) is 3.55. The molecule has 0 N–H and O–H groups in total. The summed E-state index contributed by atoms with van der Waals surface area (Å²) in [6, 6.07) is 48.2. The highest BCUT2D eigenvalue weighted by Gasteiger charge is 2.37. The normalized spacial score (nSPS) is 19.2. The molecule has 0 spiro atoms. The van der Waals surface area contributed by atoms with Gasteiger partial charge in [0.15, 0.2) is 0 Å². The third kappa shape index (κ3) is 6.54. The molecule has 62 heavy (non-hydrogen) atoms. The summed E-state index contributed by atoms with van der Waals surface area (Å²) in [5.41, 5.74) is 23.9. The molecular weight excluding hydrogens is 745 g/mol. The number of hydrogen-bond acceptors (Lipinski definition) is 0. The molecule has 4 aliphatic rings. The Kier molecular flexibility index (Phi) is 9.96. The quantitative estimate of drug-likeness (QED) is 0.128. The second kappa shape index (κ2) is 15.8. The Morgan fingerprint density at radius 1 is 0.613 bits per heavy atom. The molecule has 0 fully saturated rings. The van der Waals surface area contributed by atoms with Gasteiger partial charge in [-0.1, -0.05) is 203 Å². The van der Waals surface area contributed by atoms with Crippen molar-refractivity contribution in [3.05, 3.63) is 263 Å². The lowest BCUT2D eigenvalue weighted by Crippen LogP contribution is -2.22. The van der Waals surface area contributed by atoms with Gasteiger partial charge in [-0.25, -0.2) is 0 Å². The molecule has 6 aromatic carbocycles. The van der Waals surface area contributed by atoms with E-state index in [1.54, 1.807) is 0 Å².